The van der Waals surface area contributed by atoms with Crippen LogP contribution in [0.25, 0.3) is 10.8 Å². The maximum atomic E-state index is 9.23. The highest BCUT2D eigenvalue weighted by Gasteiger charge is 2.15. The van der Waals surface area contributed by atoms with Gasteiger partial charge in [0.15, 0.2) is 0 Å². The van der Waals surface area contributed by atoms with Gasteiger partial charge >= 0.3 is 7.12 Å². The van der Waals surface area contributed by atoms with Crippen LogP contribution in [0, 0.1) is 0 Å². The van der Waals surface area contributed by atoms with Gasteiger partial charge in [-0.2, -0.15) is 0 Å². The molecule has 2 aromatic rings. The molecule has 0 unspecified atom stereocenters. The van der Waals surface area contributed by atoms with Gasteiger partial charge < -0.3 is 10.0 Å². The second-order valence-corrected chi connectivity index (χ2v) is 3.93. The lowest BCUT2D eigenvalue weighted by molar-refractivity contribution is 0.426. The predicted molar refractivity (Wildman–Crippen MR) is 66.4 cm³/mol. The van der Waals surface area contributed by atoms with Gasteiger partial charge in [-0.1, -0.05) is 52.3 Å². The fraction of sp³-hybridized carbons (Fsp3) is 0.0909. The third-order valence-electron chi connectivity index (χ3n) is 2.47. The third-order valence-corrected chi connectivity index (χ3v) is 3.07. The molecule has 0 spiro atoms. The summed E-state index contributed by atoms with van der Waals surface area (Å²) in [7, 11) is -1.42. The van der Waals surface area contributed by atoms with E-state index in [4.69, 9.17) is 0 Å². The largest absolute Gasteiger partial charge is 0.489 e. The van der Waals surface area contributed by atoms with Gasteiger partial charge in [0.05, 0.1) is 0 Å². The lowest BCUT2D eigenvalue weighted by Crippen LogP contribution is -2.30. The molecule has 0 aliphatic rings. The third kappa shape index (κ3) is 1.93. The molecule has 76 valence electrons. The molecule has 0 aromatic heterocycles. The van der Waals surface area contributed by atoms with Crippen LogP contribution in [0.15, 0.2) is 36.4 Å². The molecule has 0 radical (unpaired) electrons. The van der Waals surface area contributed by atoms with Crippen molar-refractivity contribution in [2.45, 2.75) is 5.33 Å². The minimum atomic E-state index is -1.42. The highest BCUT2D eigenvalue weighted by atomic mass is 79.9. The minimum absolute atomic E-state index is 0.551. The quantitative estimate of drug-likeness (QED) is 0.636. The maximum Gasteiger partial charge on any atom is 0.489 e. The summed E-state index contributed by atoms with van der Waals surface area (Å²) in [4.78, 5) is 0. The Hall–Kier alpha value is -0.835. The maximum absolute atomic E-state index is 9.23. The molecular formula is C11H10BBrO2. The summed E-state index contributed by atoms with van der Waals surface area (Å²) in [5.41, 5.74) is 1.70. The number of fused-ring (bicyclic) bond motifs is 1. The molecule has 0 saturated heterocycles. The number of halogens is 1. The monoisotopic (exact) mass is 264 g/mol. The van der Waals surface area contributed by atoms with Crippen molar-refractivity contribution in [3.8, 4) is 0 Å². The van der Waals surface area contributed by atoms with E-state index in [0.29, 0.717) is 5.46 Å². The summed E-state index contributed by atoms with van der Waals surface area (Å²) in [5.74, 6) is 0. The van der Waals surface area contributed by atoms with Gasteiger partial charge in [0.25, 0.3) is 0 Å². The van der Waals surface area contributed by atoms with Gasteiger partial charge in [-0.05, 0) is 21.8 Å². The van der Waals surface area contributed by atoms with Crippen molar-refractivity contribution in [2.24, 2.45) is 0 Å². The van der Waals surface area contributed by atoms with Crippen LogP contribution in [-0.2, 0) is 5.33 Å². The minimum Gasteiger partial charge on any atom is -0.423 e. The Balaban J connectivity index is 2.77. The Morgan fingerprint density at radius 3 is 2.27 bits per heavy atom. The van der Waals surface area contributed by atoms with Crippen LogP contribution in [0.3, 0.4) is 0 Å². The Kier molecular flexibility index (Phi) is 3.10. The zero-order valence-electron chi connectivity index (χ0n) is 8.02. The van der Waals surface area contributed by atoms with E-state index >= 15 is 0 Å². The first-order valence-corrected chi connectivity index (χ1v) is 5.79. The van der Waals surface area contributed by atoms with Crippen molar-refractivity contribution in [3.63, 3.8) is 0 Å². The number of alkyl halides is 1. The van der Waals surface area contributed by atoms with Crippen LogP contribution in [0.1, 0.15) is 5.56 Å². The molecule has 0 heterocycles. The summed E-state index contributed by atoms with van der Waals surface area (Å²) in [6.45, 7) is 0. The van der Waals surface area contributed by atoms with E-state index in [0.717, 1.165) is 21.7 Å². The zero-order chi connectivity index (χ0) is 10.8. The number of benzene rings is 2. The number of hydrogen-bond donors (Lipinski definition) is 2. The molecular weight excluding hydrogens is 255 g/mol. The molecule has 0 saturated carbocycles. The molecule has 0 fully saturated rings. The molecule has 0 atom stereocenters. The van der Waals surface area contributed by atoms with Crippen LogP contribution in [-0.4, -0.2) is 17.2 Å². The Labute approximate surface area is 96.8 Å². The standard InChI is InChI=1S/C11H10BBrO2/c13-7-8-5-6-11(12(14)15)10-4-2-1-3-9(8)10/h1-6,14-15H,7H2. The van der Waals surface area contributed by atoms with Crippen LogP contribution in [0.2, 0.25) is 0 Å². The van der Waals surface area contributed by atoms with E-state index in [9.17, 15) is 10.0 Å². The van der Waals surface area contributed by atoms with E-state index in [1.54, 1.807) is 6.07 Å². The van der Waals surface area contributed by atoms with E-state index in [1.165, 1.54) is 0 Å². The molecule has 4 heteroatoms. The lowest BCUT2D eigenvalue weighted by Gasteiger charge is -2.08. The van der Waals surface area contributed by atoms with Crippen LogP contribution < -0.4 is 5.46 Å². The summed E-state index contributed by atoms with van der Waals surface area (Å²) < 4.78 is 0. The van der Waals surface area contributed by atoms with Gasteiger partial charge in [0, 0.05) is 5.33 Å². The Morgan fingerprint density at radius 1 is 1.00 bits per heavy atom. The molecule has 0 bridgehead atoms. The molecule has 0 aliphatic carbocycles. The summed E-state index contributed by atoms with van der Waals surface area (Å²) in [6, 6.07) is 11.4. The molecule has 2 nitrogen and oxygen atoms in total. The fourth-order valence-electron chi connectivity index (χ4n) is 1.73. The molecule has 2 rings (SSSR count). The topological polar surface area (TPSA) is 40.5 Å². The van der Waals surface area contributed by atoms with Gasteiger partial charge in [-0.15, -0.1) is 0 Å². The SMILES string of the molecule is OB(O)c1ccc(CBr)c2ccccc12. The van der Waals surface area contributed by atoms with Gasteiger partial charge in [-0.3, -0.25) is 0 Å². The predicted octanol–water partition coefficient (Wildman–Crippen LogP) is 1.41. The van der Waals surface area contributed by atoms with Crippen LogP contribution in [0.4, 0.5) is 0 Å². The molecule has 15 heavy (non-hydrogen) atoms. The smallest absolute Gasteiger partial charge is 0.423 e. The summed E-state index contributed by atoms with van der Waals surface area (Å²) in [5, 5.41) is 21.2. The molecule has 0 aliphatic heterocycles. The van der Waals surface area contributed by atoms with Crippen molar-refractivity contribution in [1.29, 1.82) is 0 Å². The van der Waals surface area contributed by atoms with Gasteiger partial charge in [-0.25, -0.2) is 0 Å². The van der Waals surface area contributed by atoms with Crippen molar-refractivity contribution < 1.29 is 10.0 Å². The van der Waals surface area contributed by atoms with Crippen LogP contribution >= 0.6 is 15.9 Å². The molecule has 2 aromatic carbocycles. The summed E-state index contributed by atoms with van der Waals surface area (Å²) in [6.07, 6.45) is 0. The molecule has 0 amide bonds. The van der Waals surface area contributed by atoms with Crippen molar-refractivity contribution in [2.75, 3.05) is 0 Å². The van der Waals surface area contributed by atoms with Crippen molar-refractivity contribution in [3.05, 3.63) is 42.0 Å². The Bertz CT molecular complexity index is 485. The average molecular weight is 265 g/mol. The van der Waals surface area contributed by atoms with Crippen molar-refractivity contribution >= 4 is 39.3 Å². The normalized spacial score (nSPS) is 10.6. The fourth-order valence-corrected chi connectivity index (χ4v) is 2.22. The summed E-state index contributed by atoms with van der Waals surface area (Å²) >= 11 is 3.42. The van der Waals surface area contributed by atoms with Gasteiger partial charge in [0.1, 0.15) is 0 Å². The first kappa shape index (κ1) is 10.7. The number of rotatable bonds is 2. The Morgan fingerprint density at radius 2 is 1.67 bits per heavy atom. The van der Waals surface area contributed by atoms with Crippen LogP contribution in [0.5, 0.6) is 0 Å². The van der Waals surface area contributed by atoms with E-state index in [-0.39, 0.29) is 0 Å². The first-order valence-electron chi connectivity index (χ1n) is 4.66. The zero-order valence-corrected chi connectivity index (χ0v) is 9.61. The lowest BCUT2D eigenvalue weighted by atomic mass is 9.76. The van der Waals surface area contributed by atoms with Gasteiger partial charge in [0.2, 0.25) is 0 Å². The second-order valence-electron chi connectivity index (χ2n) is 3.37. The highest BCUT2D eigenvalue weighted by molar-refractivity contribution is 9.08. The molecule has 2 N–H and O–H groups in total. The number of hydrogen-bond acceptors (Lipinski definition) is 2. The average Bonchev–Trinajstić information content (AvgIpc) is 2.27. The van der Waals surface area contributed by atoms with Crippen molar-refractivity contribution in [1.82, 2.24) is 0 Å². The first-order chi connectivity index (χ1) is 7.24. The van der Waals surface area contributed by atoms with E-state index in [2.05, 4.69) is 15.9 Å². The van der Waals surface area contributed by atoms with E-state index in [1.807, 2.05) is 30.3 Å². The van der Waals surface area contributed by atoms with E-state index < -0.39 is 7.12 Å². The second kappa shape index (κ2) is 4.35. The highest BCUT2D eigenvalue weighted by Crippen LogP contribution is 2.19.